The predicted octanol–water partition coefficient (Wildman–Crippen LogP) is 8.28. The average molecular weight is 469 g/mol. The Morgan fingerprint density at radius 2 is 1.47 bits per heavy atom. The van der Waals surface area contributed by atoms with Crippen LogP contribution in [-0.4, -0.2) is 11.4 Å². The topological polar surface area (TPSA) is 12.5 Å². The van der Waals surface area contributed by atoms with E-state index in [9.17, 15) is 0 Å². The van der Waals surface area contributed by atoms with E-state index in [-0.39, 0.29) is 6.23 Å². The monoisotopic (exact) mass is 468 g/mol. The normalized spacial score (nSPS) is 18.8. The Kier molecular flexibility index (Phi) is 6.17. The first-order chi connectivity index (χ1) is 17.8. The van der Waals surface area contributed by atoms with Gasteiger partial charge in [0, 0.05) is 29.7 Å². The van der Waals surface area contributed by atoms with Crippen molar-refractivity contribution in [2.75, 3.05) is 6.54 Å². The van der Waals surface area contributed by atoms with Gasteiger partial charge in [-0.3, -0.25) is 0 Å². The molecule has 2 heteroatoms. The summed E-state index contributed by atoms with van der Waals surface area (Å²) in [5.74, 6) is 0.973. The molecule has 3 aliphatic rings. The Hall–Kier alpha value is -4.04. The molecule has 0 fully saturated rings. The number of hydrogen-bond acceptors (Lipinski definition) is 2. The molecule has 0 amide bonds. The van der Waals surface area contributed by atoms with Crippen LogP contribution in [0.15, 0.2) is 138 Å². The second-order valence-electron chi connectivity index (χ2n) is 9.36. The lowest BCUT2D eigenvalue weighted by Crippen LogP contribution is -2.35. The van der Waals surface area contributed by atoms with Crippen LogP contribution < -0.4 is 0 Å². The van der Waals surface area contributed by atoms with Crippen LogP contribution in [-0.2, 0) is 4.74 Å². The van der Waals surface area contributed by atoms with Crippen molar-refractivity contribution in [3.8, 4) is 0 Å². The van der Waals surface area contributed by atoms with Crippen molar-refractivity contribution in [1.29, 1.82) is 0 Å². The maximum Gasteiger partial charge on any atom is 0.198 e. The van der Waals surface area contributed by atoms with Gasteiger partial charge in [0.25, 0.3) is 0 Å². The third kappa shape index (κ3) is 4.03. The highest BCUT2D eigenvalue weighted by atomic mass is 16.5. The van der Waals surface area contributed by atoms with Crippen molar-refractivity contribution >= 4 is 11.3 Å². The molecule has 2 nitrogen and oxygen atoms in total. The third-order valence-corrected chi connectivity index (χ3v) is 7.01. The van der Waals surface area contributed by atoms with Crippen LogP contribution in [0.1, 0.15) is 42.7 Å². The van der Waals surface area contributed by atoms with Crippen LogP contribution in [0.5, 0.6) is 0 Å². The van der Waals surface area contributed by atoms with Gasteiger partial charge in [0.2, 0.25) is 0 Å². The van der Waals surface area contributed by atoms with E-state index in [1.807, 2.05) is 0 Å². The number of benzene rings is 3. The summed E-state index contributed by atoms with van der Waals surface area (Å²) < 4.78 is 7.04. The molecular formula is C34H30NO. The zero-order chi connectivity index (χ0) is 24.3. The predicted molar refractivity (Wildman–Crippen MR) is 148 cm³/mol. The SMILES string of the molecule is CCCCN1C(c2ccccc2)=C2C(c3ccccc3)=CC(C3=C[CH]C=C3)=C2OC1c1ccccc1. The molecular weight excluding hydrogens is 438 g/mol. The van der Waals surface area contributed by atoms with E-state index in [0.29, 0.717) is 0 Å². The van der Waals surface area contributed by atoms with Crippen LogP contribution in [0, 0.1) is 6.42 Å². The molecule has 1 heterocycles. The maximum atomic E-state index is 7.04. The molecule has 0 spiro atoms. The van der Waals surface area contributed by atoms with Gasteiger partial charge in [-0.15, -0.1) is 0 Å². The van der Waals surface area contributed by atoms with Crippen molar-refractivity contribution in [2.45, 2.75) is 26.0 Å². The first-order valence-corrected chi connectivity index (χ1v) is 12.9. The van der Waals surface area contributed by atoms with Crippen LogP contribution in [0.4, 0.5) is 0 Å². The van der Waals surface area contributed by atoms with Crippen molar-refractivity contribution in [3.05, 3.63) is 161 Å². The lowest BCUT2D eigenvalue weighted by atomic mass is 9.92. The number of hydrogen-bond donors (Lipinski definition) is 0. The van der Waals surface area contributed by atoms with Crippen molar-refractivity contribution in [3.63, 3.8) is 0 Å². The molecule has 0 saturated carbocycles. The van der Waals surface area contributed by atoms with E-state index < -0.39 is 0 Å². The Labute approximate surface area is 214 Å². The summed E-state index contributed by atoms with van der Waals surface area (Å²) in [5, 5.41) is 0. The fourth-order valence-electron chi connectivity index (χ4n) is 5.28. The molecule has 1 radical (unpaired) electrons. The molecule has 0 N–H and O–H groups in total. The van der Waals surface area contributed by atoms with Gasteiger partial charge in [0.1, 0.15) is 5.76 Å². The minimum atomic E-state index is -0.194. The molecule has 1 unspecified atom stereocenters. The molecule has 177 valence electrons. The Balaban J connectivity index is 1.64. The average Bonchev–Trinajstić information content (AvgIpc) is 3.61. The second-order valence-corrected chi connectivity index (χ2v) is 9.36. The highest BCUT2D eigenvalue weighted by molar-refractivity contribution is 5.99. The third-order valence-electron chi connectivity index (χ3n) is 7.01. The standard InChI is InChI=1S/C34H30NO/c1-2-3-23-35-32(27-19-9-5-10-20-27)31-29(25-15-7-4-8-16-25)24-30(26-17-13-14-18-26)33(31)36-34(35)28-21-11-6-12-22-28/h4-22,24,34H,2-3,23H2,1H3. The molecule has 3 aromatic carbocycles. The molecule has 6 rings (SSSR count). The van der Waals surface area contributed by atoms with Crippen LogP contribution in [0.25, 0.3) is 11.3 Å². The second kappa shape index (κ2) is 9.91. The molecule has 3 aromatic rings. The van der Waals surface area contributed by atoms with E-state index in [1.165, 1.54) is 39.1 Å². The first kappa shape index (κ1) is 22.4. The van der Waals surface area contributed by atoms with Gasteiger partial charge >= 0.3 is 0 Å². The van der Waals surface area contributed by atoms with Gasteiger partial charge in [-0.05, 0) is 34.8 Å². The van der Waals surface area contributed by atoms with Gasteiger partial charge in [-0.25, -0.2) is 0 Å². The number of fused-ring (bicyclic) bond motifs is 1. The summed E-state index contributed by atoms with van der Waals surface area (Å²) in [6.45, 7) is 3.17. The number of unbranched alkanes of at least 4 members (excludes halogenated alkanes) is 1. The molecule has 36 heavy (non-hydrogen) atoms. The van der Waals surface area contributed by atoms with Gasteiger partial charge in [-0.1, -0.05) is 123 Å². The van der Waals surface area contributed by atoms with Crippen LogP contribution >= 0.6 is 0 Å². The Morgan fingerprint density at radius 3 is 2.11 bits per heavy atom. The smallest absolute Gasteiger partial charge is 0.198 e. The van der Waals surface area contributed by atoms with E-state index in [1.54, 1.807) is 0 Å². The zero-order valence-electron chi connectivity index (χ0n) is 20.6. The zero-order valence-corrected chi connectivity index (χ0v) is 20.6. The largest absolute Gasteiger partial charge is 0.465 e. The lowest BCUT2D eigenvalue weighted by molar-refractivity contribution is 0.00264. The Bertz CT molecular complexity index is 1390. The molecule has 1 atom stereocenters. The maximum absolute atomic E-state index is 7.04. The van der Waals surface area contributed by atoms with Gasteiger partial charge < -0.3 is 9.64 Å². The molecule has 1 aliphatic heterocycles. The highest BCUT2D eigenvalue weighted by Crippen LogP contribution is 2.52. The van der Waals surface area contributed by atoms with E-state index in [2.05, 4.69) is 134 Å². The quantitative estimate of drug-likeness (QED) is 0.346. The highest BCUT2D eigenvalue weighted by Gasteiger charge is 2.40. The summed E-state index contributed by atoms with van der Waals surface area (Å²) >= 11 is 0. The van der Waals surface area contributed by atoms with E-state index in [0.717, 1.165) is 30.7 Å². The van der Waals surface area contributed by atoms with Gasteiger partial charge in [0.15, 0.2) is 6.23 Å². The van der Waals surface area contributed by atoms with E-state index >= 15 is 0 Å². The fraction of sp³-hybridized carbons (Fsp3) is 0.147. The Morgan fingerprint density at radius 1 is 0.806 bits per heavy atom. The first-order valence-electron chi connectivity index (χ1n) is 12.9. The minimum absolute atomic E-state index is 0.194. The lowest BCUT2D eigenvalue weighted by Gasteiger charge is -2.42. The summed E-state index contributed by atoms with van der Waals surface area (Å²) in [6.07, 6.45) is 12.9. The van der Waals surface area contributed by atoms with Crippen LogP contribution in [0.2, 0.25) is 0 Å². The molecule has 0 aromatic heterocycles. The van der Waals surface area contributed by atoms with Crippen molar-refractivity contribution < 1.29 is 4.74 Å². The molecule has 0 saturated heterocycles. The summed E-state index contributed by atoms with van der Waals surface area (Å²) in [7, 11) is 0. The molecule has 0 bridgehead atoms. The number of rotatable bonds is 7. The van der Waals surface area contributed by atoms with Crippen molar-refractivity contribution in [1.82, 2.24) is 4.90 Å². The minimum Gasteiger partial charge on any atom is -0.465 e. The van der Waals surface area contributed by atoms with Gasteiger partial charge in [0.05, 0.1) is 5.70 Å². The van der Waals surface area contributed by atoms with Crippen molar-refractivity contribution in [2.24, 2.45) is 0 Å². The van der Waals surface area contributed by atoms with E-state index in [4.69, 9.17) is 4.74 Å². The fourth-order valence-corrected chi connectivity index (χ4v) is 5.28. The number of nitrogens with zero attached hydrogens (tertiary/aromatic N) is 1. The van der Waals surface area contributed by atoms with Crippen LogP contribution in [0.3, 0.4) is 0 Å². The number of ether oxygens (including phenoxy) is 1. The summed E-state index contributed by atoms with van der Waals surface area (Å²) in [4.78, 5) is 2.48. The van der Waals surface area contributed by atoms with Gasteiger partial charge in [-0.2, -0.15) is 0 Å². The summed E-state index contributed by atoms with van der Waals surface area (Å²) in [5.41, 5.74) is 9.58. The molecule has 2 aliphatic carbocycles. The number of allylic oxidation sites excluding steroid dienone is 7. The summed E-state index contributed by atoms with van der Waals surface area (Å²) in [6, 6.07) is 32.2.